The quantitative estimate of drug-likeness (QED) is 0.733. The van der Waals surface area contributed by atoms with Crippen molar-refractivity contribution in [2.75, 3.05) is 0 Å². The second-order valence-corrected chi connectivity index (χ2v) is 6.41. The normalized spacial score (nSPS) is 26.4. The topological polar surface area (TPSA) is 55.1 Å². The number of rotatable bonds is 5. The first-order valence-electron chi connectivity index (χ1n) is 6.74. The summed E-state index contributed by atoms with van der Waals surface area (Å²) < 4.78 is 0. The van der Waals surface area contributed by atoms with E-state index < -0.39 is 5.41 Å². The molecule has 0 heterocycles. The summed E-state index contributed by atoms with van der Waals surface area (Å²) >= 11 is 5.09. The van der Waals surface area contributed by atoms with Crippen molar-refractivity contribution in [2.24, 2.45) is 23.0 Å². The molecule has 3 aliphatic rings. The van der Waals surface area contributed by atoms with E-state index in [1.54, 1.807) is 0 Å². The molecule has 3 rings (SSSR count). The van der Waals surface area contributed by atoms with Gasteiger partial charge in [-0.05, 0) is 50.4 Å². The number of amides is 1. The molecular formula is C13H20N2OS. The molecule has 0 spiro atoms. The number of hydrogen-bond acceptors (Lipinski definition) is 2. The van der Waals surface area contributed by atoms with Crippen LogP contribution in [0.15, 0.2) is 0 Å². The van der Waals surface area contributed by atoms with Crippen molar-refractivity contribution in [1.29, 1.82) is 0 Å². The second kappa shape index (κ2) is 3.94. The number of carbonyl (C=O) groups excluding carboxylic acids is 1. The molecule has 1 amide bonds. The maximum Gasteiger partial charge on any atom is 0.233 e. The van der Waals surface area contributed by atoms with Gasteiger partial charge < -0.3 is 11.1 Å². The summed E-state index contributed by atoms with van der Waals surface area (Å²) in [5, 5.41) is 3.26. The first-order valence-corrected chi connectivity index (χ1v) is 7.15. The van der Waals surface area contributed by atoms with Gasteiger partial charge in [-0.3, -0.25) is 4.79 Å². The van der Waals surface area contributed by atoms with Crippen molar-refractivity contribution in [2.45, 2.75) is 51.0 Å². The largest absolute Gasteiger partial charge is 0.392 e. The average molecular weight is 252 g/mol. The number of nitrogens with two attached hydrogens (primary N) is 1. The van der Waals surface area contributed by atoms with E-state index in [1.165, 1.54) is 25.7 Å². The van der Waals surface area contributed by atoms with Crippen LogP contribution in [0.25, 0.3) is 0 Å². The van der Waals surface area contributed by atoms with E-state index in [0.717, 1.165) is 31.1 Å². The average Bonchev–Trinajstić information content (AvgIpc) is 3.05. The summed E-state index contributed by atoms with van der Waals surface area (Å²) in [5.41, 5.74) is 5.26. The predicted molar refractivity (Wildman–Crippen MR) is 70.4 cm³/mol. The number of carbonyl (C=O) groups is 1. The molecule has 0 aromatic carbocycles. The molecule has 94 valence electrons. The van der Waals surface area contributed by atoms with E-state index in [9.17, 15) is 4.79 Å². The molecule has 3 aliphatic carbocycles. The van der Waals surface area contributed by atoms with Gasteiger partial charge >= 0.3 is 0 Å². The van der Waals surface area contributed by atoms with Gasteiger partial charge in [-0.25, -0.2) is 0 Å². The highest BCUT2D eigenvalue weighted by molar-refractivity contribution is 7.80. The first kappa shape index (κ1) is 11.5. The second-order valence-electron chi connectivity index (χ2n) is 5.97. The minimum Gasteiger partial charge on any atom is -0.392 e. The zero-order chi connectivity index (χ0) is 12.0. The highest BCUT2D eigenvalue weighted by Gasteiger charge is 2.50. The van der Waals surface area contributed by atoms with Gasteiger partial charge in [0, 0.05) is 6.04 Å². The van der Waals surface area contributed by atoms with Crippen molar-refractivity contribution in [3.05, 3.63) is 0 Å². The monoisotopic (exact) mass is 252 g/mol. The van der Waals surface area contributed by atoms with E-state index in [0.29, 0.717) is 11.0 Å². The lowest BCUT2D eigenvalue weighted by molar-refractivity contribution is -0.131. The summed E-state index contributed by atoms with van der Waals surface area (Å²) in [6.07, 6.45) is 7.88. The maximum absolute atomic E-state index is 12.4. The molecule has 0 aromatic heterocycles. The Kier molecular flexibility index (Phi) is 2.65. The SMILES string of the molecule is NC(=S)C1(C(=O)NC(C2CC2)C2CC2)CCC1. The van der Waals surface area contributed by atoms with Crippen molar-refractivity contribution in [3.63, 3.8) is 0 Å². The van der Waals surface area contributed by atoms with Gasteiger partial charge in [0.15, 0.2) is 0 Å². The van der Waals surface area contributed by atoms with Gasteiger partial charge in [0.05, 0.1) is 10.4 Å². The standard InChI is InChI=1S/C13H20N2OS/c14-11(17)13(6-1-7-13)12(16)15-10(8-2-3-8)9-4-5-9/h8-10H,1-7H2,(H2,14,17)(H,15,16). The summed E-state index contributed by atoms with van der Waals surface area (Å²) in [6, 6.07) is 0.411. The minimum atomic E-state index is -0.503. The van der Waals surface area contributed by atoms with Crippen LogP contribution in [0.1, 0.15) is 44.9 Å². The van der Waals surface area contributed by atoms with Gasteiger partial charge in [-0.1, -0.05) is 18.6 Å². The third kappa shape index (κ3) is 1.96. The summed E-state index contributed by atoms with van der Waals surface area (Å²) in [7, 11) is 0. The lowest BCUT2D eigenvalue weighted by atomic mass is 9.68. The molecule has 3 saturated carbocycles. The third-order valence-electron chi connectivity index (χ3n) is 4.67. The van der Waals surface area contributed by atoms with E-state index >= 15 is 0 Å². The van der Waals surface area contributed by atoms with E-state index in [1.807, 2.05) is 0 Å². The Hall–Kier alpha value is -0.640. The lowest BCUT2D eigenvalue weighted by Crippen LogP contribution is -2.55. The van der Waals surface area contributed by atoms with Crippen LogP contribution in [0.5, 0.6) is 0 Å². The molecule has 4 heteroatoms. The van der Waals surface area contributed by atoms with Crippen LogP contribution in [0.2, 0.25) is 0 Å². The molecular weight excluding hydrogens is 232 g/mol. The van der Waals surface area contributed by atoms with Crippen LogP contribution < -0.4 is 11.1 Å². The van der Waals surface area contributed by atoms with Crippen LogP contribution in [0.4, 0.5) is 0 Å². The molecule has 0 aromatic rings. The molecule has 0 saturated heterocycles. The first-order chi connectivity index (χ1) is 8.13. The van der Waals surface area contributed by atoms with Gasteiger partial charge in [-0.2, -0.15) is 0 Å². The molecule has 3 N–H and O–H groups in total. The zero-order valence-corrected chi connectivity index (χ0v) is 10.9. The fourth-order valence-corrected chi connectivity index (χ4v) is 3.23. The Labute approximate surface area is 108 Å². The Morgan fingerprint density at radius 3 is 2.06 bits per heavy atom. The number of hydrogen-bond donors (Lipinski definition) is 2. The molecule has 3 nitrogen and oxygen atoms in total. The molecule has 0 radical (unpaired) electrons. The molecule has 17 heavy (non-hydrogen) atoms. The Morgan fingerprint density at radius 2 is 1.76 bits per heavy atom. The zero-order valence-electron chi connectivity index (χ0n) is 10.1. The Balaban J connectivity index is 1.66. The van der Waals surface area contributed by atoms with Crippen LogP contribution >= 0.6 is 12.2 Å². The van der Waals surface area contributed by atoms with E-state index in [4.69, 9.17) is 18.0 Å². The third-order valence-corrected chi connectivity index (χ3v) is 5.06. The maximum atomic E-state index is 12.4. The molecule has 3 fully saturated rings. The van der Waals surface area contributed by atoms with Crippen molar-refractivity contribution >= 4 is 23.1 Å². The fourth-order valence-electron chi connectivity index (χ4n) is 2.94. The summed E-state index contributed by atoms with van der Waals surface area (Å²) in [5.74, 6) is 1.57. The Bertz CT molecular complexity index is 344. The molecule has 0 aliphatic heterocycles. The fraction of sp³-hybridized carbons (Fsp3) is 0.846. The van der Waals surface area contributed by atoms with Gasteiger partial charge in [0.2, 0.25) is 5.91 Å². The minimum absolute atomic E-state index is 0.111. The molecule has 0 atom stereocenters. The van der Waals surface area contributed by atoms with Crippen LogP contribution in [0, 0.1) is 17.3 Å². The lowest BCUT2D eigenvalue weighted by Gasteiger charge is -2.40. The summed E-state index contributed by atoms with van der Waals surface area (Å²) in [6.45, 7) is 0. The Morgan fingerprint density at radius 1 is 1.24 bits per heavy atom. The van der Waals surface area contributed by atoms with Crippen LogP contribution in [0.3, 0.4) is 0 Å². The smallest absolute Gasteiger partial charge is 0.233 e. The van der Waals surface area contributed by atoms with Crippen molar-refractivity contribution < 1.29 is 4.79 Å². The predicted octanol–water partition coefficient (Wildman–Crippen LogP) is 1.75. The van der Waals surface area contributed by atoms with Gasteiger partial charge in [0.1, 0.15) is 0 Å². The summed E-state index contributed by atoms with van der Waals surface area (Å²) in [4.78, 5) is 12.8. The molecule has 0 bridgehead atoms. The van der Waals surface area contributed by atoms with Gasteiger partial charge in [-0.15, -0.1) is 0 Å². The van der Waals surface area contributed by atoms with E-state index in [-0.39, 0.29) is 5.91 Å². The number of thiocarbonyl (C=S) groups is 1. The van der Waals surface area contributed by atoms with Gasteiger partial charge in [0.25, 0.3) is 0 Å². The highest BCUT2D eigenvalue weighted by atomic mass is 32.1. The number of nitrogens with one attached hydrogen (secondary N) is 1. The van der Waals surface area contributed by atoms with Crippen molar-refractivity contribution in [3.8, 4) is 0 Å². The highest BCUT2D eigenvalue weighted by Crippen LogP contribution is 2.46. The van der Waals surface area contributed by atoms with E-state index in [2.05, 4.69) is 5.32 Å². The molecule has 0 unspecified atom stereocenters. The van der Waals surface area contributed by atoms with Crippen molar-refractivity contribution in [1.82, 2.24) is 5.32 Å². The van der Waals surface area contributed by atoms with Crippen LogP contribution in [-0.4, -0.2) is 16.9 Å². The van der Waals surface area contributed by atoms with Crippen LogP contribution in [-0.2, 0) is 4.79 Å².